The second-order valence-electron chi connectivity index (χ2n) is 6.10. The number of likely N-dealkylation sites (tertiary alicyclic amines) is 1. The Morgan fingerprint density at radius 1 is 1.12 bits per heavy atom. The van der Waals surface area contributed by atoms with E-state index in [1.54, 1.807) is 0 Å². The molecule has 5 nitrogen and oxygen atoms in total. The second kappa shape index (κ2) is 11.6. The molecule has 0 bridgehead atoms. The summed E-state index contributed by atoms with van der Waals surface area (Å²) in [6.07, 6.45) is 1.43. The quantitative estimate of drug-likeness (QED) is 0.592. The van der Waals surface area contributed by atoms with Gasteiger partial charge in [-0.05, 0) is 26.0 Å². The summed E-state index contributed by atoms with van der Waals surface area (Å²) in [6.45, 7) is 8.48. The first-order valence-electron chi connectivity index (χ1n) is 9.05. The van der Waals surface area contributed by atoms with Crippen molar-refractivity contribution >= 4 is 0 Å². The molecule has 136 valence electrons. The summed E-state index contributed by atoms with van der Waals surface area (Å²) in [7, 11) is 2.03. The molecule has 5 heteroatoms. The van der Waals surface area contributed by atoms with Crippen LogP contribution in [-0.2, 0) is 14.2 Å². The van der Waals surface area contributed by atoms with Crippen molar-refractivity contribution in [2.45, 2.75) is 25.5 Å². The van der Waals surface area contributed by atoms with Gasteiger partial charge in [0.25, 0.3) is 0 Å². The van der Waals surface area contributed by atoms with Crippen molar-refractivity contribution in [1.82, 2.24) is 10.2 Å². The van der Waals surface area contributed by atoms with E-state index in [4.69, 9.17) is 14.2 Å². The zero-order valence-corrected chi connectivity index (χ0v) is 15.1. The Kier molecular flexibility index (Phi) is 9.31. The molecule has 1 saturated heterocycles. The minimum Gasteiger partial charge on any atom is -0.379 e. The van der Waals surface area contributed by atoms with Gasteiger partial charge in [0, 0.05) is 32.3 Å². The molecule has 0 aliphatic carbocycles. The Labute approximate surface area is 146 Å². The van der Waals surface area contributed by atoms with Crippen molar-refractivity contribution in [3.05, 3.63) is 35.9 Å². The third-order valence-electron chi connectivity index (χ3n) is 4.38. The van der Waals surface area contributed by atoms with Gasteiger partial charge in [-0.1, -0.05) is 30.3 Å². The first kappa shape index (κ1) is 19.3. The van der Waals surface area contributed by atoms with Crippen molar-refractivity contribution in [3.63, 3.8) is 0 Å². The van der Waals surface area contributed by atoms with E-state index < -0.39 is 0 Å². The lowest BCUT2D eigenvalue weighted by atomic mass is 10.1. The summed E-state index contributed by atoms with van der Waals surface area (Å²) in [4.78, 5) is 2.48. The van der Waals surface area contributed by atoms with E-state index in [1.165, 1.54) is 5.56 Å². The summed E-state index contributed by atoms with van der Waals surface area (Å²) in [5.41, 5.74) is 1.34. The standard InChI is InChI=1S/C19H32N2O3/c1-3-22-11-12-23-13-14-24-18-9-10-21(15-18)16-19(20-2)17-7-5-4-6-8-17/h4-8,18-20H,3,9-16H2,1-2H3/t18?,19-/m1/s1. The van der Waals surface area contributed by atoms with E-state index in [0.29, 0.717) is 38.6 Å². The van der Waals surface area contributed by atoms with Gasteiger partial charge in [0.2, 0.25) is 0 Å². The third-order valence-corrected chi connectivity index (χ3v) is 4.38. The zero-order chi connectivity index (χ0) is 17.0. The van der Waals surface area contributed by atoms with E-state index in [1.807, 2.05) is 14.0 Å². The van der Waals surface area contributed by atoms with E-state index in [0.717, 1.165) is 32.7 Å². The van der Waals surface area contributed by atoms with E-state index in [-0.39, 0.29) is 0 Å². The Balaban J connectivity index is 1.60. The summed E-state index contributed by atoms with van der Waals surface area (Å²) < 4.78 is 16.7. The van der Waals surface area contributed by atoms with Gasteiger partial charge in [-0.15, -0.1) is 0 Å². The first-order chi connectivity index (χ1) is 11.8. The maximum Gasteiger partial charge on any atom is 0.0715 e. The highest BCUT2D eigenvalue weighted by atomic mass is 16.5. The lowest BCUT2D eigenvalue weighted by Crippen LogP contribution is -2.33. The Morgan fingerprint density at radius 3 is 2.62 bits per heavy atom. The molecule has 2 rings (SSSR count). The molecule has 0 spiro atoms. The van der Waals surface area contributed by atoms with Gasteiger partial charge in [-0.3, -0.25) is 4.90 Å². The average Bonchev–Trinajstić information content (AvgIpc) is 3.07. The molecule has 1 N–H and O–H groups in total. The predicted octanol–water partition coefficient (Wildman–Crippen LogP) is 2.09. The third kappa shape index (κ3) is 6.87. The Morgan fingerprint density at radius 2 is 1.88 bits per heavy atom. The van der Waals surface area contributed by atoms with Crippen LogP contribution in [0, 0.1) is 0 Å². The Bertz CT molecular complexity index is 430. The van der Waals surface area contributed by atoms with E-state index in [9.17, 15) is 0 Å². The Hall–Kier alpha value is -0.980. The molecular formula is C19H32N2O3. The number of nitrogens with zero attached hydrogens (tertiary/aromatic N) is 1. The highest BCUT2D eigenvalue weighted by Gasteiger charge is 2.25. The lowest BCUT2D eigenvalue weighted by molar-refractivity contribution is -0.00705. The molecule has 0 amide bonds. The summed E-state index contributed by atoms with van der Waals surface area (Å²) in [5.74, 6) is 0. The van der Waals surface area contributed by atoms with Crippen LogP contribution in [0.4, 0.5) is 0 Å². The minimum atomic E-state index is 0.328. The number of nitrogens with one attached hydrogen (secondary N) is 1. The van der Waals surface area contributed by atoms with Crippen molar-refractivity contribution in [2.24, 2.45) is 0 Å². The van der Waals surface area contributed by atoms with Crippen LogP contribution in [0.2, 0.25) is 0 Å². The maximum atomic E-state index is 5.93. The molecule has 1 aromatic carbocycles. The van der Waals surface area contributed by atoms with Gasteiger partial charge in [0.15, 0.2) is 0 Å². The van der Waals surface area contributed by atoms with Crippen LogP contribution in [0.25, 0.3) is 0 Å². The van der Waals surface area contributed by atoms with Crippen LogP contribution in [0.1, 0.15) is 24.9 Å². The fourth-order valence-corrected chi connectivity index (χ4v) is 3.04. The molecule has 24 heavy (non-hydrogen) atoms. The lowest BCUT2D eigenvalue weighted by Gasteiger charge is -2.24. The van der Waals surface area contributed by atoms with Crippen LogP contribution in [-0.4, -0.2) is 70.7 Å². The minimum absolute atomic E-state index is 0.328. The SMILES string of the molecule is CCOCCOCCOC1CCN(C[C@@H](NC)c2ccccc2)C1. The van der Waals surface area contributed by atoms with Crippen LogP contribution < -0.4 is 5.32 Å². The molecule has 1 aliphatic rings. The van der Waals surface area contributed by atoms with Crippen LogP contribution >= 0.6 is 0 Å². The second-order valence-corrected chi connectivity index (χ2v) is 6.10. The fourth-order valence-electron chi connectivity index (χ4n) is 3.04. The van der Waals surface area contributed by atoms with Crippen LogP contribution in [0.3, 0.4) is 0 Å². The molecule has 0 saturated carbocycles. The molecule has 1 fully saturated rings. The summed E-state index contributed by atoms with van der Waals surface area (Å²) in [6, 6.07) is 11.0. The number of benzene rings is 1. The topological polar surface area (TPSA) is 43.0 Å². The molecule has 2 atom stereocenters. The normalized spacial score (nSPS) is 19.7. The largest absolute Gasteiger partial charge is 0.379 e. The number of hydrogen-bond donors (Lipinski definition) is 1. The van der Waals surface area contributed by atoms with Gasteiger partial charge < -0.3 is 19.5 Å². The van der Waals surface area contributed by atoms with Gasteiger partial charge in [0.1, 0.15) is 0 Å². The van der Waals surface area contributed by atoms with Gasteiger partial charge in [-0.2, -0.15) is 0 Å². The molecule has 1 unspecified atom stereocenters. The van der Waals surface area contributed by atoms with Crippen LogP contribution in [0.15, 0.2) is 30.3 Å². The predicted molar refractivity (Wildman–Crippen MR) is 96.4 cm³/mol. The molecule has 1 aromatic rings. The monoisotopic (exact) mass is 336 g/mol. The molecular weight excluding hydrogens is 304 g/mol. The zero-order valence-electron chi connectivity index (χ0n) is 15.1. The smallest absolute Gasteiger partial charge is 0.0715 e. The number of hydrogen-bond acceptors (Lipinski definition) is 5. The van der Waals surface area contributed by atoms with E-state index >= 15 is 0 Å². The number of likely N-dealkylation sites (N-methyl/N-ethyl adjacent to an activating group) is 1. The van der Waals surface area contributed by atoms with E-state index in [2.05, 4.69) is 40.5 Å². The maximum absolute atomic E-state index is 5.93. The first-order valence-corrected chi connectivity index (χ1v) is 9.05. The fraction of sp³-hybridized carbons (Fsp3) is 0.684. The molecule has 1 aliphatic heterocycles. The van der Waals surface area contributed by atoms with Gasteiger partial charge in [-0.25, -0.2) is 0 Å². The highest BCUT2D eigenvalue weighted by molar-refractivity contribution is 5.19. The summed E-state index contributed by atoms with van der Waals surface area (Å²) in [5, 5.41) is 3.42. The highest BCUT2D eigenvalue weighted by Crippen LogP contribution is 2.18. The van der Waals surface area contributed by atoms with Gasteiger partial charge in [0.05, 0.1) is 32.5 Å². The van der Waals surface area contributed by atoms with Crippen molar-refractivity contribution in [2.75, 3.05) is 59.7 Å². The molecule has 0 radical (unpaired) electrons. The molecule has 0 aromatic heterocycles. The molecule has 1 heterocycles. The average molecular weight is 336 g/mol. The van der Waals surface area contributed by atoms with Crippen molar-refractivity contribution in [3.8, 4) is 0 Å². The van der Waals surface area contributed by atoms with Crippen molar-refractivity contribution < 1.29 is 14.2 Å². The number of rotatable bonds is 12. The van der Waals surface area contributed by atoms with Crippen LogP contribution in [0.5, 0.6) is 0 Å². The van der Waals surface area contributed by atoms with Gasteiger partial charge >= 0.3 is 0 Å². The number of ether oxygens (including phenoxy) is 3. The van der Waals surface area contributed by atoms with Crippen molar-refractivity contribution in [1.29, 1.82) is 0 Å². The summed E-state index contributed by atoms with van der Waals surface area (Å²) >= 11 is 0.